The molecule has 0 bridgehead atoms. The molecule has 3 nitrogen and oxygen atoms in total. The molecule has 0 saturated carbocycles. The Morgan fingerprint density at radius 2 is 2.00 bits per heavy atom. The van der Waals surface area contributed by atoms with Gasteiger partial charge in [-0.25, -0.2) is 14.4 Å². The summed E-state index contributed by atoms with van der Waals surface area (Å²) in [5.41, 5.74) is 1.99. The highest BCUT2D eigenvalue weighted by atomic mass is 19.1. The average molecular weight is 231 g/mol. The van der Waals surface area contributed by atoms with E-state index in [2.05, 4.69) is 15.3 Å². The van der Waals surface area contributed by atoms with Gasteiger partial charge in [-0.1, -0.05) is 12.1 Å². The zero-order chi connectivity index (χ0) is 12.1. The van der Waals surface area contributed by atoms with Gasteiger partial charge in [-0.2, -0.15) is 0 Å². The summed E-state index contributed by atoms with van der Waals surface area (Å²) < 4.78 is 12.8. The van der Waals surface area contributed by atoms with E-state index >= 15 is 0 Å². The van der Waals surface area contributed by atoms with Crippen LogP contribution in [0.4, 0.5) is 4.39 Å². The summed E-state index contributed by atoms with van der Waals surface area (Å²) in [5, 5.41) is 3.32. The fourth-order valence-corrected chi connectivity index (χ4v) is 1.55. The van der Waals surface area contributed by atoms with Crippen LogP contribution < -0.4 is 5.32 Å². The van der Waals surface area contributed by atoms with Crippen molar-refractivity contribution in [3.05, 3.63) is 59.9 Å². The highest BCUT2D eigenvalue weighted by Gasteiger charge is 2.04. The van der Waals surface area contributed by atoms with Crippen molar-refractivity contribution in [3.8, 4) is 0 Å². The molecule has 1 aromatic heterocycles. The molecule has 2 aromatic rings. The van der Waals surface area contributed by atoms with Crippen molar-refractivity contribution in [2.45, 2.75) is 19.5 Å². The molecule has 0 aliphatic heterocycles. The largest absolute Gasteiger partial charge is 0.305 e. The third-order valence-corrected chi connectivity index (χ3v) is 2.60. The van der Waals surface area contributed by atoms with Crippen LogP contribution in [0, 0.1) is 5.82 Å². The molecule has 1 N–H and O–H groups in total. The van der Waals surface area contributed by atoms with Gasteiger partial charge in [0.1, 0.15) is 12.1 Å². The summed E-state index contributed by atoms with van der Waals surface area (Å²) in [5.74, 6) is -0.211. The number of hydrogen-bond acceptors (Lipinski definition) is 3. The number of nitrogens with zero attached hydrogens (tertiary/aromatic N) is 2. The maximum atomic E-state index is 12.8. The monoisotopic (exact) mass is 231 g/mol. The van der Waals surface area contributed by atoms with Crippen molar-refractivity contribution in [2.75, 3.05) is 0 Å². The smallest absolute Gasteiger partial charge is 0.123 e. The van der Waals surface area contributed by atoms with Crippen LogP contribution in [0.1, 0.15) is 24.2 Å². The first kappa shape index (κ1) is 11.7. The molecule has 0 unspecified atom stereocenters. The SMILES string of the molecule is C[C@H](NCc1ccncn1)c1ccc(F)cc1. The third kappa shape index (κ3) is 3.32. The molecule has 1 heterocycles. The number of nitrogens with one attached hydrogen (secondary N) is 1. The Morgan fingerprint density at radius 3 is 2.65 bits per heavy atom. The lowest BCUT2D eigenvalue weighted by Gasteiger charge is -2.13. The molecule has 0 amide bonds. The standard InChI is InChI=1S/C13H14FN3/c1-10(11-2-4-12(14)5-3-11)16-8-13-6-7-15-9-17-13/h2-7,9-10,16H,8H2,1H3/t10-/m0/s1. The number of hydrogen-bond donors (Lipinski definition) is 1. The van der Waals surface area contributed by atoms with Gasteiger partial charge in [0.15, 0.2) is 0 Å². The van der Waals surface area contributed by atoms with Gasteiger partial charge in [0.05, 0.1) is 5.69 Å². The van der Waals surface area contributed by atoms with Crippen LogP contribution in [-0.4, -0.2) is 9.97 Å². The molecule has 88 valence electrons. The summed E-state index contributed by atoms with van der Waals surface area (Å²) in [4.78, 5) is 7.98. The molecule has 0 aliphatic rings. The van der Waals surface area contributed by atoms with Crippen LogP contribution in [0.15, 0.2) is 42.9 Å². The minimum atomic E-state index is -0.211. The van der Waals surface area contributed by atoms with Crippen LogP contribution in [-0.2, 0) is 6.54 Å². The predicted octanol–water partition coefficient (Wildman–Crippen LogP) is 2.47. The van der Waals surface area contributed by atoms with E-state index in [4.69, 9.17) is 0 Å². The zero-order valence-electron chi connectivity index (χ0n) is 9.60. The first-order valence-corrected chi connectivity index (χ1v) is 5.49. The van der Waals surface area contributed by atoms with Gasteiger partial charge in [-0.3, -0.25) is 0 Å². The van der Waals surface area contributed by atoms with Crippen molar-refractivity contribution >= 4 is 0 Å². The van der Waals surface area contributed by atoms with Gasteiger partial charge in [-0.05, 0) is 30.7 Å². The molecule has 0 spiro atoms. The Kier molecular flexibility index (Phi) is 3.77. The molecular weight excluding hydrogens is 217 g/mol. The highest BCUT2D eigenvalue weighted by Crippen LogP contribution is 2.13. The quantitative estimate of drug-likeness (QED) is 0.878. The molecule has 4 heteroatoms. The van der Waals surface area contributed by atoms with E-state index in [1.54, 1.807) is 18.3 Å². The molecule has 2 rings (SSSR count). The number of rotatable bonds is 4. The highest BCUT2D eigenvalue weighted by molar-refractivity contribution is 5.19. The minimum Gasteiger partial charge on any atom is -0.305 e. The van der Waals surface area contributed by atoms with Gasteiger partial charge in [-0.15, -0.1) is 0 Å². The number of halogens is 1. The van der Waals surface area contributed by atoms with E-state index in [0.29, 0.717) is 6.54 Å². The Hall–Kier alpha value is -1.81. The van der Waals surface area contributed by atoms with Gasteiger partial charge < -0.3 is 5.32 Å². The topological polar surface area (TPSA) is 37.8 Å². The molecule has 17 heavy (non-hydrogen) atoms. The van der Waals surface area contributed by atoms with Crippen LogP contribution >= 0.6 is 0 Å². The first-order chi connectivity index (χ1) is 8.25. The summed E-state index contributed by atoms with van der Waals surface area (Å²) in [6, 6.07) is 8.53. The second kappa shape index (κ2) is 5.50. The fraction of sp³-hybridized carbons (Fsp3) is 0.231. The molecular formula is C13H14FN3. The first-order valence-electron chi connectivity index (χ1n) is 5.49. The normalized spacial score (nSPS) is 12.4. The molecule has 0 aliphatic carbocycles. The molecule has 1 atom stereocenters. The predicted molar refractivity (Wildman–Crippen MR) is 63.7 cm³/mol. The average Bonchev–Trinajstić information content (AvgIpc) is 2.38. The number of benzene rings is 1. The summed E-state index contributed by atoms with van der Waals surface area (Å²) in [6.07, 6.45) is 3.24. The van der Waals surface area contributed by atoms with E-state index in [1.165, 1.54) is 18.5 Å². The Balaban J connectivity index is 1.93. The third-order valence-electron chi connectivity index (χ3n) is 2.60. The summed E-state index contributed by atoms with van der Waals surface area (Å²) in [6.45, 7) is 2.70. The van der Waals surface area contributed by atoms with E-state index in [-0.39, 0.29) is 11.9 Å². The van der Waals surface area contributed by atoms with E-state index < -0.39 is 0 Å². The zero-order valence-corrected chi connectivity index (χ0v) is 9.60. The van der Waals surface area contributed by atoms with Crippen molar-refractivity contribution in [3.63, 3.8) is 0 Å². The van der Waals surface area contributed by atoms with Crippen LogP contribution in [0.3, 0.4) is 0 Å². The van der Waals surface area contributed by atoms with Crippen molar-refractivity contribution in [2.24, 2.45) is 0 Å². The number of aromatic nitrogens is 2. The van der Waals surface area contributed by atoms with Gasteiger partial charge in [0, 0.05) is 18.8 Å². The van der Waals surface area contributed by atoms with Crippen molar-refractivity contribution < 1.29 is 4.39 Å². The summed E-state index contributed by atoms with van der Waals surface area (Å²) in [7, 11) is 0. The van der Waals surface area contributed by atoms with Crippen LogP contribution in [0.2, 0.25) is 0 Å². The van der Waals surface area contributed by atoms with Crippen LogP contribution in [0.5, 0.6) is 0 Å². The summed E-state index contributed by atoms with van der Waals surface area (Å²) >= 11 is 0. The van der Waals surface area contributed by atoms with Crippen LogP contribution in [0.25, 0.3) is 0 Å². The Labute approximate surface area is 99.7 Å². The molecule has 0 radical (unpaired) electrons. The fourth-order valence-electron chi connectivity index (χ4n) is 1.55. The molecule has 0 saturated heterocycles. The van der Waals surface area contributed by atoms with Crippen molar-refractivity contribution in [1.82, 2.24) is 15.3 Å². The van der Waals surface area contributed by atoms with E-state index in [0.717, 1.165) is 11.3 Å². The Bertz CT molecular complexity index is 456. The van der Waals surface area contributed by atoms with Gasteiger partial charge in [0.2, 0.25) is 0 Å². The van der Waals surface area contributed by atoms with Crippen molar-refractivity contribution in [1.29, 1.82) is 0 Å². The Morgan fingerprint density at radius 1 is 1.24 bits per heavy atom. The van der Waals surface area contributed by atoms with E-state index in [1.807, 2.05) is 13.0 Å². The maximum absolute atomic E-state index is 12.8. The van der Waals surface area contributed by atoms with Gasteiger partial charge >= 0.3 is 0 Å². The lowest BCUT2D eigenvalue weighted by molar-refractivity contribution is 0.564. The molecule has 1 aromatic carbocycles. The maximum Gasteiger partial charge on any atom is 0.123 e. The second-order valence-corrected chi connectivity index (χ2v) is 3.85. The lowest BCUT2D eigenvalue weighted by atomic mass is 10.1. The van der Waals surface area contributed by atoms with Gasteiger partial charge in [0.25, 0.3) is 0 Å². The molecule has 0 fully saturated rings. The second-order valence-electron chi connectivity index (χ2n) is 3.85. The van der Waals surface area contributed by atoms with E-state index in [9.17, 15) is 4.39 Å². The minimum absolute atomic E-state index is 0.158. The lowest BCUT2D eigenvalue weighted by Crippen LogP contribution is -2.18.